The number of carboxylic acids is 1. The molecule has 0 aromatic heterocycles. The van der Waals surface area contributed by atoms with E-state index >= 15 is 0 Å². The van der Waals surface area contributed by atoms with Gasteiger partial charge in [-0.15, -0.1) is 0 Å². The molecule has 0 aliphatic carbocycles. The van der Waals surface area contributed by atoms with E-state index in [0.717, 1.165) is 0 Å². The summed E-state index contributed by atoms with van der Waals surface area (Å²) in [5.41, 5.74) is 0. The minimum absolute atomic E-state index is 0. The summed E-state index contributed by atoms with van der Waals surface area (Å²) in [7, 11) is 0. The van der Waals surface area contributed by atoms with Crippen LogP contribution in [0.2, 0.25) is 0 Å². The smallest absolute Gasteiger partial charge is 1.00 e. The van der Waals surface area contributed by atoms with Crippen molar-refractivity contribution in [2.75, 3.05) is 6.61 Å². The third-order valence-corrected chi connectivity index (χ3v) is 3.49. The summed E-state index contributed by atoms with van der Waals surface area (Å²) in [6, 6.07) is 0. The van der Waals surface area contributed by atoms with E-state index < -0.39 is 41.6 Å². The van der Waals surface area contributed by atoms with Crippen molar-refractivity contribution in [3.8, 4) is 0 Å². The molecule has 0 radical (unpaired) electrons. The zero-order valence-corrected chi connectivity index (χ0v) is 14.3. The normalized spacial score (nSPS) is 44.3. The van der Waals surface area contributed by atoms with Crippen LogP contribution in [0.3, 0.4) is 0 Å². The van der Waals surface area contributed by atoms with Gasteiger partial charge in [0.15, 0.2) is 17.7 Å². The van der Waals surface area contributed by atoms with Crippen LogP contribution in [0.15, 0.2) is 0 Å². The van der Waals surface area contributed by atoms with E-state index in [4.69, 9.17) is 23.7 Å². The average molecular weight is 298 g/mol. The third-order valence-electron chi connectivity index (χ3n) is 3.49. The van der Waals surface area contributed by atoms with Gasteiger partial charge in [-0.3, -0.25) is 0 Å². The van der Waals surface area contributed by atoms with E-state index in [1.54, 1.807) is 27.7 Å². The SMILES string of the molecule is CC1(C)OC[C@@H]2O[C@@]3(C(=O)O)OC(C)(C)O[C@H]3[C@@H]2O1.[H-].[Na+]. The van der Waals surface area contributed by atoms with Crippen LogP contribution >= 0.6 is 0 Å². The maximum absolute atomic E-state index is 11.6. The summed E-state index contributed by atoms with van der Waals surface area (Å²) in [4.78, 5) is 11.6. The van der Waals surface area contributed by atoms with E-state index in [9.17, 15) is 9.90 Å². The van der Waals surface area contributed by atoms with Gasteiger partial charge < -0.3 is 30.2 Å². The summed E-state index contributed by atoms with van der Waals surface area (Å²) in [6.45, 7) is 7.09. The minimum Gasteiger partial charge on any atom is -1.00 e. The van der Waals surface area contributed by atoms with Crippen molar-refractivity contribution in [1.82, 2.24) is 0 Å². The summed E-state index contributed by atoms with van der Waals surface area (Å²) in [5, 5.41) is 9.46. The van der Waals surface area contributed by atoms with Crippen LogP contribution in [0.5, 0.6) is 0 Å². The van der Waals surface area contributed by atoms with Gasteiger partial charge in [0.05, 0.1) is 6.61 Å². The molecule has 0 unspecified atom stereocenters. The number of carbonyl (C=O) groups is 1. The Labute approximate surface area is 140 Å². The Morgan fingerprint density at radius 3 is 2.40 bits per heavy atom. The Morgan fingerprint density at radius 2 is 1.80 bits per heavy atom. The average Bonchev–Trinajstić information content (AvgIpc) is 2.67. The molecule has 8 heteroatoms. The van der Waals surface area contributed by atoms with E-state index in [-0.39, 0.29) is 37.6 Å². The fourth-order valence-electron chi connectivity index (χ4n) is 2.82. The molecular weight excluding hydrogens is 279 g/mol. The fourth-order valence-corrected chi connectivity index (χ4v) is 2.82. The molecule has 3 saturated heterocycles. The van der Waals surface area contributed by atoms with E-state index in [1.807, 2.05) is 0 Å². The Hall–Kier alpha value is 0.270. The number of hydrogen-bond donors (Lipinski definition) is 1. The topological polar surface area (TPSA) is 83.5 Å². The van der Waals surface area contributed by atoms with Crippen molar-refractivity contribution in [2.24, 2.45) is 0 Å². The molecule has 0 spiro atoms. The zero-order chi connectivity index (χ0) is 14.1. The second-order valence-corrected chi connectivity index (χ2v) is 5.96. The predicted octanol–water partition coefficient (Wildman–Crippen LogP) is -2.41. The molecule has 0 saturated carbocycles. The standard InChI is InChI=1S/C12H18O7.Na.H/c1-10(2)15-5-6-7(17-10)8-12(16-6,9(13)14)19-11(3,4)18-8;;/h6-8H,5H2,1-4H3,(H,13,14);;/q;+1;-1/t6-,7+,8-,12+;;/m0../s1. The first-order valence-electron chi connectivity index (χ1n) is 6.26. The summed E-state index contributed by atoms with van der Waals surface area (Å²) in [5.74, 6) is -4.85. The van der Waals surface area contributed by atoms with Crippen LogP contribution in [0.4, 0.5) is 0 Å². The van der Waals surface area contributed by atoms with Gasteiger partial charge in [0.1, 0.15) is 12.2 Å². The Bertz CT molecular complexity index is 430. The first kappa shape index (κ1) is 16.6. The van der Waals surface area contributed by atoms with E-state index in [1.165, 1.54) is 0 Å². The summed E-state index contributed by atoms with van der Waals surface area (Å²) < 4.78 is 28.0. The van der Waals surface area contributed by atoms with Crippen molar-refractivity contribution < 1.29 is 64.6 Å². The number of fused-ring (bicyclic) bond motifs is 3. The fraction of sp³-hybridized carbons (Fsp3) is 0.917. The number of ether oxygens (including phenoxy) is 5. The third kappa shape index (κ3) is 2.44. The predicted molar refractivity (Wildman–Crippen MR) is 61.3 cm³/mol. The second-order valence-electron chi connectivity index (χ2n) is 5.96. The largest absolute Gasteiger partial charge is 1.00 e. The van der Waals surface area contributed by atoms with Crippen LogP contribution in [0, 0.1) is 0 Å². The molecule has 3 fully saturated rings. The van der Waals surface area contributed by atoms with E-state index in [2.05, 4.69) is 0 Å². The molecule has 4 atom stereocenters. The molecule has 110 valence electrons. The molecule has 0 aromatic carbocycles. The molecule has 3 rings (SSSR count). The van der Waals surface area contributed by atoms with Gasteiger partial charge in [-0.2, -0.15) is 0 Å². The van der Waals surface area contributed by atoms with Crippen LogP contribution in [-0.4, -0.2) is 53.4 Å². The Kier molecular flexibility index (Phi) is 4.07. The second kappa shape index (κ2) is 4.89. The number of carboxylic acid groups (broad SMARTS) is 1. The molecule has 3 heterocycles. The van der Waals surface area contributed by atoms with E-state index in [0.29, 0.717) is 0 Å². The molecule has 7 nitrogen and oxygen atoms in total. The molecule has 1 N–H and O–H groups in total. The molecule has 20 heavy (non-hydrogen) atoms. The van der Waals surface area contributed by atoms with Crippen molar-refractivity contribution in [3.63, 3.8) is 0 Å². The quantitative estimate of drug-likeness (QED) is 0.540. The Balaban J connectivity index is 0.00000110. The van der Waals surface area contributed by atoms with Gasteiger partial charge in [-0.25, -0.2) is 4.79 Å². The monoisotopic (exact) mass is 298 g/mol. The van der Waals surface area contributed by atoms with Gasteiger partial charge in [0.25, 0.3) is 0 Å². The number of hydrogen-bond acceptors (Lipinski definition) is 6. The van der Waals surface area contributed by atoms with Crippen molar-refractivity contribution in [2.45, 2.75) is 63.4 Å². The Morgan fingerprint density at radius 1 is 1.15 bits per heavy atom. The van der Waals surface area contributed by atoms with Crippen molar-refractivity contribution in [3.05, 3.63) is 0 Å². The molecule has 3 aliphatic rings. The molecular formula is C12H19NaO7. The molecule has 0 bridgehead atoms. The minimum atomic E-state index is -1.82. The van der Waals surface area contributed by atoms with Crippen LogP contribution in [0.25, 0.3) is 0 Å². The summed E-state index contributed by atoms with van der Waals surface area (Å²) >= 11 is 0. The number of aliphatic carboxylic acids is 1. The maximum atomic E-state index is 11.6. The van der Waals surface area contributed by atoms with Gasteiger partial charge in [0.2, 0.25) is 0 Å². The molecule has 0 amide bonds. The van der Waals surface area contributed by atoms with Gasteiger partial charge >= 0.3 is 41.3 Å². The first-order chi connectivity index (χ1) is 8.65. The summed E-state index contributed by atoms with van der Waals surface area (Å²) in [6.07, 6.45) is -1.85. The molecule has 0 aromatic rings. The zero-order valence-electron chi connectivity index (χ0n) is 13.3. The van der Waals surface area contributed by atoms with Crippen LogP contribution in [-0.2, 0) is 28.5 Å². The van der Waals surface area contributed by atoms with Crippen molar-refractivity contribution >= 4 is 5.97 Å². The van der Waals surface area contributed by atoms with Gasteiger partial charge in [0, 0.05) is 0 Å². The van der Waals surface area contributed by atoms with Crippen LogP contribution < -0.4 is 29.6 Å². The van der Waals surface area contributed by atoms with Gasteiger partial charge in [-0.05, 0) is 27.7 Å². The van der Waals surface area contributed by atoms with Crippen LogP contribution in [0.1, 0.15) is 29.1 Å². The number of rotatable bonds is 1. The maximum Gasteiger partial charge on any atom is 1.00 e. The molecule has 3 aliphatic heterocycles. The van der Waals surface area contributed by atoms with Crippen molar-refractivity contribution in [1.29, 1.82) is 0 Å². The first-order valence-corrected chi connectivity index (χ1v) is 6.26. The van der Waals surface area contributed by atoms with Gasteiger partial charge in [-0.1, -0.05) is 0 Å².